The van der Waals surface area contributed by atoms with Gasteiger partial charge in [0.2, 0.25) is 5.91 Å². The Morgan fingerprint density at radius 2 is 2.10 bits per heavy atom. The summed E-state index contributed by atoms with van der Waals surface area (Å²) < 4.78 is 0. The minimum atomic E-state index is -1.25. The number of amides is 3. The summed E-state index contributed by atoms with van der Waals surface area (Å²) in [6.07, 6.45) is 1.31. The molecule has 1 heterocycles. The van der Waals surface area contributed by atoms with Crippen LogP contribution in [0.25, 0.3) is 0 Å². The van der Waals surface area contributed by atoms with Gasteiger partial charge >= 0.3 is 12.0 Å². The summed E-state index contributed by atoms with van der Waals surface area (Å²) in [5.74, 6) is -1.49. The molecule has 8 nitrogen and oxygen atoms in total. The number of hydrogen-bond donors (Lipinski definition) is 3. The van der Waals surface area contributed by atoms with E-state index in [1.54, 1.807) is 14.0 Å². The van der Waals surface area contributed by atoms with Crippen molar-refractivity contribution in [2.75, 3.05) is 18.9 Å². The van der Waals surface area contributed by atoms with E-state index in [0.29, 0.717) is 6.54 Å². The summed E-state index contributed by atoms with van der Waals surface area (Å²) in [4.78, 5) is 39.7. The third-order valence-corrected chi connectivity index (χ3v) is 2.83. The maximum Gasteiger partial charge on any atom is 0.356 e. The molecule has 0 aliphatic rings. The second-order valence-electron chi connectivity index (χ2n) is 4.38. The van der Waals surface area contributed by atoms with E-state index in [1.807, 2.05) is 6.92 Å². The molecule has 0 aliphatic carbocycles. The molecule has 1 aromatic heterocycles. The zero-order valence-corrected chi connectivity index (χ0v) is 12.1. The molecule has 0 radical (unpaired) electrons. The van der Waals surface area contributed by atoms with Gasteiger partial charge in [-0.05, 0) is 26.0 Å². The van der Waals surface area contributed by atoms with E-state index < -0.39 is 18.0 Å². The first-order valence-corrected chi connectivity index (χ1v) is 6.37. The van der Waals surface area contributed by atoms with Crippen LogP contribution in [0, 0.1) is 0 Å². The second kappa shape index (κ2) is 7.22. The van der Waals surface area contributed by atoms with Gasteiger partial charge in [-0.2, -0.15) is 0 Å². The number of hydrogen-bond acceptors (Lipinski definition) is 4. The number of carboxylic acid groups (broad SMARTS) is 1. The quantitative estimate of drug-likeness (QED) is 0.742. The molecule has 1 unspecified atom stereocenters. The van der Waals surface area contributed by atoms with Crippen LogP contribution in [-0.2, 0) is 4.79 Å². The second-order valence-corrected chi connectivity index (χ2v) is 4.38. The highest BCUT2D eigenvalue weighted by Gasteiger charge is 2.19. The number of nitrogens with one attached hydrogen (secondary N) is 2. The topological polar surface area (TPSA) is 112 Å². The van der Waals surface area contributed by atoms with Crippen molar-refractivity contribution in [2.24, 2.45) is 0 Å². The molecule has 0 aromatic carbocycles. The fraction of sp³-hybridized carbons (Fsp3) is 0.385. The Labute approximate surface area is 122 Å². The van der Waals surface area contributed by atoms with Crippen molar-refractivity contribution in [3.05, 3.63) is 24.0 Å². The van der Waals surface area contributed by atoms with Crippen LogP contribution in [0.1, 0.15) is 24.3 Å². The van der Waals surface area contributed by atoms with Crippen LogP contribution in [0.2, 0.25) is 0 Å². The highest BCUT2D eigenvalue weighted by atomic mass is 16.4. The van der Waals surface area contributed by atoms with Crippen LogP contribution >= 0.6 is 0 Å². The Bertz CT molecular complexity index is 547. The lowest BCUT2D eigenvalue weighted by atomic mass is 10.3. The third kappa shape index (κ3) is 4.44. The Morgan fingerprint density at radius 1 is 1.43 bits per heavy atom. The molecule has 21 heavy (non-hydrogen) atoms. The molecule has 1 aromatic rings. The van der Waals surface area contributed by atoms with Gasteiger partial charge in [0, 0.05) is 19.8 Å². The maximum atomic E-state index is 11.8. The molecule has 0 spiro atoms. The number of likely N-dealkylation sites (N-methyl/N-ethyl adjacent to an activating group) is 1. The normalized spacial score (nSPS) is 11.4. The fourth-order valence-corrected chi connectivity index (χ4v) is 1.58. The molecule has 114 valence electrons. The number of anilines is 1. The lowest BCUT2D eigenvalue weighted by molar-refractivity contribution is -0.131. The first-order chi connectivity index (χ1) is 9.86. The molecule has 0 fully saturated rings. The molecule has 8 heteroatoms. The van der Waals surface area contributed by atoms with E-state index >= 15 is 0 Å². The zero-order chi connectivity index (χ0) is 16.0. The molecular formula is C13H18N4O4. The highest BCUT2D eigenvalue weighted by Crippen LogP contribution is 2.11. The van der Waals surface area contributed by atoms with Gasteiger partial charge in [-0.1, -0.05) is 0 Å². The lowest BCUT2D eigenvalue weighted by Gasteiger charge is -2.20. The minimum absolute atomic E-state index is 0.0611. The van der Waals surface area contributed by atoms with Crippen molar-refractivity contribution >= 4 is 23.6 Å². The number of pyridine rings is 1. The number of carbonyl (C=O) groups is 3. The summed E-state index contributed by atoms with van der Waals surface area (Å²) in [5.41, 5.74) is -0.205. The first kappa shape index (κ1) is 16.4. The molecule has 1 atom stereocenters. The van der Waals surface area contributed by atoms with Crippen molar-refractivity contribution in [3.63, 3.8) is 0 Å². The molecule has 0 aliphatic heterocycles. The lowest BCUT2D eigenvalue weighted by Crippen LogP contribution is -2.46. The van der Waals surface area contributed by atoms with E-state index in [1.165, 1.54) is 23.2 Å². The number of urea groups is 1. The number of aromatic nitrogens is 1. The molecule has 1 rings (SSSR count). The summed E-state index contributed by atoms with van der Waals surface area (Å²) in [5, 5.41) is 13.8. The van der Waals surface area contributed by atoms with Crippen molar-refractivity contribution in [1.82, 2.24) is 15.2 Å². The van der Waals surface area contributed by atoms with Gasteiger partial charge in [-0.25, -0.2) is 14.6 Å². The number of rotatable bonds is 5. The van der Waals surface area contributed by atoms with E-state index in [9.17, 15) is 14.4 Å². The predicted octanol–water partition coefficient (Wildman–Crippen LogP) is 0.768. The smallest absolute Gasteiger partial charge is 0.356 e. The molecule has 0 saturated heterocycles. The summed E-state index contributed by atoms with van der Waals surface area (Å²) >= 11 is 0. The van der Waals surface area contributed by atoms with Crippen molar-refractivity contribution < 1.29 is 19.5 Å². The molecule has 0 bridgehead atoms. The number of aromatic carboxylic acids is 1. The van der Waals surface area contributed by atoms with E-state index in [2.05, 4.69) is 15.6 Å². The van der Waals surface area contributed by atoms with Gasteiger partial charge < -0.3 is 20.6 Å². The summed E-state index contributed by atoms with van der Waals surface area (Å²) in [6.45, 7) is 3.90. The minimum Gasteiger partial charge on any atom is -0.476 e. The van der Waals surface area contributed by atoms with Crippen LogP contribution in [0.4, 0.5) is 10.5 Å². The first-order valence-electron chi connectivity index (χ1n) is 6.37. The Kier molecular flexibility index (Phi) is 5.65. The fourth-order valence-electron chi connectivity index (χ4n) is 1.58. The van der Waals surface area contributed by atoms with Crippen LogP contribution in [0.15, 0.2) is 18.3 Å². The van der Waals surface area contributed by atoms with Gasteiger partial charge in [-0.3, -0.25) is 4.79 Å². The van der Waals surface area contributed by atoms with Crippen LogP contribution in [0.5, 0.6) is 0 Å². The largest absolute Gasteiger partial charge is 0.476 e. The van der Waals surface area contributed by atoms with Gasteiger partial charge in [0.1, 0.15) is 6.04 Å². The van der Waals surface area contributed by atoms with E-state index in [4.69, 9.17) is 5.11 Å². The number of nitrogens with zero attached hydrogens (tertiary/aromatic N) is 2. The average Bonchev–Trinajstić information content (AvgIpc) is 2.45. The standard InChI is InChI=1S/C13H18N4O4/c1-4-17(3)11(18)8(2)15-13(21)16-9-6-5-7-14-10(9)12(19)20/h5-8H,4H2,1-3H3,(H,19,20)(H2,15,16,21). The molecular weight excluding hydrogens is 276 g/mol. The zero-order valence-electron chi connectivity index (χ0n) is 12.1. The number of carbonyl (C=O) groups excluding carboxylic acids is 2. The Hall–Kier alpha value is -2.64. The van der Waals surface area contributed by atoms with Gasteiger partial charge in [0.15, 0.2) is 5.69 Å². The molecule has 3 N–H and O–H groups in total. The Balaban J connectivity index is 2.70. The highest BCUT2D eigenvalue weighted by molar-refractivity contribution is 5.99. The van der Waals surface area contributed by atoms with Crippen molar-refractivity contribution in [2.45, 2.75) is 19.9 Å². The van der Waals surface area contributed by atoms with Gasteiger partial charge in [-0.15, -0.1) is 0 Å². The van der Waals surface area contributed by atoms with Gasteiger partial charge in [0.25, 0.3) is 0 Å². The summed E-state index contributed by atoms with van der Waals surface area (Å²) in [6, 6.07) is 1.53. The predicted molar refractivity (Wildman–Crippen MR) is 76.1 cm³/mol. The van der Waals surface area contributed by atoms with E-state index in [0.717, 1.165) is 0 Å². The van der Waals surface area contributed by atoms with Crippen LogP contribution < -0.4 is 10.6 Å². The summed E-state index contributed by atoms with van der Waals surface area (Å²) in [7, 11) is 1.63. The Morgan fingerprint density at radius 3 is 2.67 bits per heavy atom. The number of carboxylic acids is 1. The third-order valence-electron chi connectivity index (χ3n) is 2.83. The van der Waals surface area contributed by atoms with E-state index in [-0.39, 0.29) is 17.3 Å². The van der Waals surface area contributed by atoms with Crippen molar-refractivity contribution in [3.8, 4) is 0 Å². The average molecular weight is 294 g/mol. The monoisotopic (exact) mass is 294 g/mol. The maximum absolute atomic E-state index is 11.8. The van der Waals surface area contributed by atoms with Crippen molar-refractivity contribution in [1.29, 1.82) is 0 Å². The molecule has 0 saturated carbocycles. The van der Waals surface area contributed by atoms with Crippen LogP contribution in [-0.4, -0.2) is 52.5 Å². The van der Waals surface area contributed by atoms with Crippen LogP contribution in [0.3, 0.4) is 0 Å². The molecule has 3 amide bonds. The van der Waals surface area contributed by atoms with Gasteiger partial charge in [0.05, 0.1) is 5.69 Å². The SMILES string of the molecule is CCN(C)C(=O)C(C)NC(=O)Nc1cccnc1C(=O)O.